The number of hydrogen-bond acceptors (Lipinski definition) is 2. The molecule has 0 saturated heterocycles. The zero-order valence-corrected chi connectivity index (χ0v) is 13.8. The van der Waals surface area contributed by atoms with Crippen LogP contribution in [0.4, 0.5) is 0 Å². The molecule has 3 unspecified atom stereocenters. The molecule has 3 heteroatoms. The molecule has 0 aromatic heterocycles. The summed E-state index contributed by atoms with van der Waals surface area (Å²) in [4.78, 5) is 12.4. The minimum Gasteiger partial charge on any atom is -0.350 e. The molecule has 122 valence electrons. The quantitative estimate of drug-likeness (QED) is 0.899. The van der Waals surface area contributed by atoms with E-state index in [1.165, 1.54) is 29.2 Å². The zero-order valence-electron chi connectivity index (χ0n) is 13.8. The number of nitrogens with one attached hydrogen (secondary N) is 1. The number of carbonyl (C=O) groups is 1. The summed E-state index contributed by atoms with van der Waals surface area (Å²) in [5, 5.41) is 5.58. The molecule has 0 heterocycles. The van der Waals surface area contributed by atoms with Crippen LogP contribution >= 0.6 is 0 Å². The SMILES string of the molecule is CC(NC(=O)CC1CCCCC1N)c1cccc2ccccc12. The van der Waals surface area contributed by atoms with E-state index in [0.29, 0.717) is 12.3 Å². The van der Waals surface area contributed by atoms with Crippen molar-refractivity contribution in [3.05, 3.63) is 48.0 Å². The average Bonchev–Trinajstić information content (AvgIpc) is 2.56. The molecule has 3 atom stereocenters. The van der Waals surface area contributed by atoms with E-state index in [1.54, 1.807) is 0 Å². The fraction of sp³-hybridized carbons (Fsp3) is 0.450. The molecule has 3 N–H and O–H groups in total. The summed E-state index contributed by atoms with van der Waals surface area (Å²) in [6.07, 6.45) is 5.08. The molecular weight excluding hydrogens is 284 g/mol. The second kappa shape index (κ2) is 7.14. The molecule has 1 amide bonds. The van der Waals surface area contributed by atoms with E-state index < -0.39 is 0 Å². The Labute approximate surface area is 138 Å². The lowest BCUT2D eigenvalue weighted by Gasteiger charge is -2.28. The van der Waals surface area contributed by atoms with Crippen LogP contribution in [-0.4, -0.2) is 11.9 Å². The van der Waals surface area contributed by atoms with Crippen molar-refractivity contribution >= 4 is 16.7 Å². The fourth-order valence-corrected chi connectivity index (χ4v) is 3.73. The number of fused-ring (bicyclic) bond motifs is 1. The van der Waals surface area contributed by atoms with Gasteiger partial charge in [0.05, 0.1) is 6.04 Å². The highest BCUT2D eigenvalue weighted by atomic mass is 16.1. The summed E-state index contributed by atoms with van der Waals surface area (Å²) in [7, 11) is 0. The number of amides is 1. The van der Waals surface area contributed by atoms with Crippen LogP contribution in [0.25, 0.3) is 10.8 Å². The summed E-state index contributed by atoms with van der Waals surface area (Å²) in [6.45, 7) is 2.06. The summed E-state index contributed by atoms with van der Waals surface area (Å²) in [6, 6.07) is 14.8. The summed E-state index contributed by atoms with van der Waals surface area (Å²) in [5.74, 6) is 0.455. The Morgan fingerprint density at radius 3 is 2.74 bits per heavy atom. The van der Waals surface area contributed by atoms with Crippen molar-refractivity contribution in [2.45, 2.75) is 51.1 Å². The molecule has 23 heavy (non-hydrogen) atoms. The monoisotopic (exact) mass is 310 g/mol. The Morgan fingerprint density at radius 1 is 1.17 bits per heavy atom. The maximum absolute atomic E-state index is 12.4. The van der Waals surface area contributed by atoms with Crippen molar-refractivity contribution in [1.29, 1.82) is 0 Å². The number of rotatable bonds is 4. The third kappa shape index (κ3) is 3.73. The summed E-state index contributed by atoms with van der Waals surface area (Å²) >= 11 is 0. The molecule has 0 bridgehead atoms. The van der Waals surface area contributed by atoms with Crippen LogP contribution in [0.1, 0.15) is 50.6 Å². The van der Waals surface area contributed by atoms with Crippen LogP contribution in [0.5, 0.6) is 0 Å². The molecule has 3 nitrogen and oxygen atoms in total. The first-order valence-electron chi connectivity index (χ1n) is 8.68. The average molecular weight is 310 g/mol. The topological polar surface area (TPSA) is 55.1 Å². The molecular formula is C20H26N2O. The molecule has 1 aliphatic rings. The predicted octanol–water partition coefficient (Wildman–Crippen LogP) is 3.92. The first kappa shape index (κ1) is 16.0. The molecule has 0 radical (unpaired) electrons. The summed E-state index contributed by atoms with van der Waals surface area (Å²) < 4.78 is 0. The fourth-order valence-electron chi connectivity index (χ4n) is 3.73. The third-order valence-corrected chi connectivity index (χ3v) is 5.08. The second-order valence-corrected chi connectivity index (χ2v) is 6.77. The lowest BCUT2D eigenvalue weighted by atomic mass is 9.83. The highest BCUT2D eigenvalue weighted by Gasteiger charge is 2.24. The normalized spacial score (nSPS) is 22.7. The van der Waals surface area contributed by atoms with Gasteiger partial charge in [0, 0.05) is 12.5 Å². The van der Waals surface area contributed by atoms with E-state index in [9.17, 15) is 4.79 Å². The van der Waals surface area contributed by atoms with Gasteiger partial charge in [-0.2, -0.15) is 0 Å². The van der Waals surface area contributed by atoms with E-state index in [4.69, 9.17) is 5.73 Å². The van der Waals surface area contributed by atoms with Crippen LogP contribution in [0.3, 0.4) is 0 Å². The van der Waals surface area contributed by atoms with Gasteiger partial charge in [-0.1, -0.05) is 55.3 Å². The highest BCUT2D eigenvalue weighted by Crippen LogP contribution is 2.27. The minimum atomic E-state index is 0.00779. The van der Waals surface area contributed by atoms with Gasteiger partial charge in [-0.25, -0.2) is 0 Å². The smallest absolute Gasteiger partial charge is 0.220 e. The van der Waals surface area contributed by atoms with Crippen molar-refractivity contribution in [2.24, 2.45) is 11.7 Å². The van der Waals surface area contributed by atoms with E-state index >= 15 is 0 Å². The largest absolute Gasteiger partial charge is 0.350 e. The van der Waals surface area contributed by atoms with Crippen molar-refractivity contribution in [1.82, 2.24) is 5.32 Å². The zero-order chi connectivity index (χ0) is 16.2. The first-order chi connectivity index (χ1) is 11.1. The van der Waals surface area contributed by atoms with Gasteiger partial charge in [-0.3, -0.25) is 4.79 Å². The van der Waals surface area contributed by atoms with Crippen LogP contribution in [-0.2, 0) is 4.79 Å². The molecule has 1 aliphatic carbocycles. The molecule has 0 spiro atoms. The van der Waals surface area contributed by atoms with Crippen LogP contribution in [0.2, 0.25) is 0 Å². The van der Waals surface area contributed by atoms with Crippen LogP contribution in [0.15, 0.2) is 42.5 Å². The van der Waals surface area contributed by atoms with E-state index in [0.717, 1.165) is 12.8 Å². The first-order valence-corrected chi connectivity index (χ1v) is 8.68. The van der Waals surface area contributed by atoms with E-state index in [1.807, 2.05) is 12.1 Å². The van der Waals surface area contributed by atoms with Gasteiger partial charge >= 0.3 is 0 Å². The Bertz CT molecular complexity index is 677. The van der Waals surface area contributed by atoms with Crippen molar-refractivity contribution in [3.63, 3.8) is 0 Å². The number of carbonyl (C=O) groups excluding carboxylic acids is 1. The van der Waals surface area contributed by atoms with Crippen molar-refractivity contribution < 1.29 is 4.79 Å². The van der Waals surface area contributed by atoms with Gasteiger partial charge in [0.1, 0.15) is 0 Å². The van der Waals surface area contributed by atoms with Crippen LogP contribution in [0, 0.1) is 5.92 Å². The third-order valence-electron chi connectivity index (χ3n) is 5.08. The molecule has 0 aliphatic heterocycles. The standard InChI is InChI=1S/C20H26N2O/c1-14(17-11-6-9-15-7-2-4-10-18(15)17)22-20(23)13-16-8-3-5-12-19(16)21/h2,4,6-7,9-11,14,16,19H,3,5,8,12-13,21H2,1H3,(H,22,23). The Balaban J connectivity index is 1.68. The van der Waals surface area contributed by atoms with Crippen molar-refractivity contribution in [3.8, 4) is 0 Å². The molecule has 3 rings (SSSR count). The number of nitrogens with two attached hydrogens (primary N) is 1. The Hall–Kier alpha value is -1.87. The van der Waals surface area contributed by atoms with Crippen LogP contribution < -0.4 is 11.1 Å². The maximum Gasteiger partial charge on any atom is 0.220 e. The highest BCUT2D eigenvalue weighted by molar-refractivity contribution is 5.86. The molecule has 1 fully saturated rings. The van der Waals surface area contributed by atoms with E-state index in [-0.39, 0.29) is 18.0 Å². The summed E-state index contributed by atoms with van der Waals surface area (Å²) in [5.41, 5.74) is 7.33. The molecule has 2 aromatic carbocycles. The van der Waals surface area contributed by atoms with Gasteiger partial charge in [-0.15, -0.1) is 0 Å². The predicted molar refractivity (Wildman–Crippen MR) is 95.1 cm³/mol. The van der Waals surface area contributed by atoms with Gasteiger partial charge in [0.2, 0.25) is 5.91 Å². The van der Waals surface area contributed by atoms with Gasteiger partial charge in [-0.05, 0) is 42.0 Å². The van der Waals surface area contributed by atoms with Gasteiger partial charge < -0.3 is 11.1 Å². The Morgan fingerprint density at radius 2 is 1.91 bits per heavy atom. The number of benzene rings is 2. The number of hydrogen-bond donors (Lipinski definition) is 2. The lowest BCUT2D eigenvalue weighted by Crippen LogP contribution is -2.37. The maximum atomic E-state index is 12.4. The second-order valence-electron chi connectivity index (χ2n) is 6.77. The molecule has 1 saturated carbocycles. The molecule has 2 aromatic rings. The Kier molecular flexibility index (Phi) is 4.97. The van der Waals surface area contributed by atoms with E-state index in [2.05, 4.69) is 42.6 Å². The minimum absolute atomic E-state index is 0.00779. The lowest BCUT2D eigenvalue weighted by molar-refractivity contribution is -0.123. The van der Waals surface area contributed by atoms with Crippen molar-refractivity contribution in [2.75, 3.05) is 0 Å². The van der Waals surface area contributed by atoms with Gasteiger partial charge in [0.15, 0.2) is 0 Å². The van der Waals surface area contributed by atoms with Gasteiger partial charge in [0.25, 0.3) is 0 Å².